The van der Waals surface area contributed by atoms with Crippen LogP contribution in [0.3, 0.4) is 0 Å². The number of hydrogen-bond donors (Lipinski definition) is 3. The second kappa shape index (κ2) is 4.76. The highest BCUT2D eigenvalue weighted by molar-refractivity contribution is 5.42. The van der Waals surface area contributed by atoms with E-state index in [2.05, 4.69) is 13.8 Å². The van der Waals surface area contributed by atoms with Gasteiger partial charge in [-0.15, -0.1) is 0 Å². The highest BCUT2D eigenvalue weighted by Crippen LogP contribution is 2.70. The van der Waals surface area contributed by atoms with E-state index >= 15 is 0 Å². The molecule has 3 fully saturated rings. The molecule has 2 saturated carbocycles. The first-order valence-electron chi connectivity index (χ1n) is 9.32. The summed E-state index contributed by atoms with van der Waals surface area (Å²) in [6.07, 6.45) is 3.10. The van der Waals surface area contributed by atoms with E-state index in [1.165, 1.54) is 0 Å². The highest BCUT2D eigenvalue weighted by atomic mass is 17.2. The van der Waals surface area contributed by atoms with Crippen molar-refractivity contribution in [3.8, 4) is 0 Å². The maximum absolute atomic E-state index is 11.1. The van der Waals surface area contributed by atoms with Crippen LogP contribution < -0.4 is 0 Å². The van der Waals surface area contributed by atoms with Crippen molar-refractivity contribution in [3.63, 3.8) is 0 Å². The standard InChI is InChI=1S/C19H30O5/c1-11(2)18-8-9-19(24-23-18)14(15(18)22)12(20)10-16(3)13(21)6-5-7-17(16,19)4/h11-13,20-22H,5-10H2,1-4H3/t12-,13-,16?,17?,18?,19?/m1/s1. The van der Waals surface area contributed by atoms with Crippen LogP contribution in [0, 0.1) is 16.7 Å². The Hall–Kier alpha value is -0.620. The summed E-state index contributed by atoms with van der Waals surface area (Å²) in [5, 5.41) is 32.8. The molecule has 5 rings (SSSR count). The molecule has 24 heavy (non-hydrogen) atoms. The molecule has 5 aliphatic rings. The lowest BCUT2D eigenvalue weighted by atomic mass is 9.41. The van der Waals surface area contributed by atoms with Crippen molar-refractivity contribution in [1.82, 2.24) is 0 Å². The summed E-state index contributed by atoms with van der Waals surface area (Å²) < 4.78 is 0. The number of hydrogen-bond acceptors (Lipinski definition) is 5. The van der Waals surface area contributed by atoms with Crippen LogP contribution in [0.2, 0.25) is 0 Å². The van der Waals surface area contributed by atoms with E-state index in [-0.39, 0.29) is 17.1 Å². The van der Waals surface area contributed by atoms with Crippen LogP contribution >= 0.6 is 0 Å². The van der Waals surface area contributed by atoms with E-state index in [1.807, 2.05) is 13.8 Å². The van der Waals surface area contributed by atoms with E-state index in [0.717, 1.165) is 19.3 Å². The fourth-order valence-corrected chi connectivity index (χ4v) is 6.25. The van der Waals surface area contributed by atoms with Gasteiger partial charge >= 0.3 is 0 Å². The number of aliphatic hydroxyl groups excluding tert-OH is 3. The number of aliphatic hydroxyl groups is 3. The molecule has 3 aliphatic carbocycles. The average Bonchev–Trinajstić information content (AvgIpc) is 2.52. The van der Waals surface area contributed by atoms with Crippen molar-refractivity contribution >= 4 is 0 Å². The summed E-state index contributed by atoms with van der Waals surface area (Å²) in [7, 11) is 0. The van der Waals surface area contributed by atoms with Gasteiger partial charge in [-0.1, -0.05) is 34.1 Å². The van der Waals surface area contributed by atoms with Crippen LogP contribution in [0.15, 0.2) is 11.3 Å². The van der Waals surface area contributed by atoms with E-state index in [1.54, 1.807) is 0 Å². The Labute approximate surface area is 143 Å². The molecular weight excluding hydrogens is 308 g/mol. The van der Waals surface area contributed by atoms with Crippen molar-refractivity contribution in [2.24, 2.45) is 16.7 Å². The van der Waals surface area contributed by atoms with Crippen LogP contribution in [-0.4, -0.2) is 38.7 Å². The topological polar surface area (TPSA) is 79.2 Å². The summed E-state index contributed by atoms with van der Waals surface area (Å²) in [5.74, 6) is 0.222. The summed E-state index contributed by atoms with van der Waals surface area (Å²) in [5.41, 5.74) is -1.93. The van der Waals surface area contributed by atoms with E-state index < -0.39 is 28.8 Å². The molecule has 3 N–H and O–H groups in total. The maximum Gasteiger partial charge on any atom is 0.162 e. The molecule has 2 bridgehead atoms. The van der Waals surface area contributed by atoms with Crippen molar-refractivity contribution in [2.75, 3.05) is 0 Å². The van der Waals surface area contributed by atoms with Gasteiger partial charge in [0.05, 0.1) is 12.2 Å². The quantitative estimate of drug-likeness (QED) is 0.641. The third-order valence-electron chi connectivity index (χ3n) is 8.20. The van der Waals surface area contributed by atoms with Gasteiger partial charge in [0.25, 0.3) is 0 Å². The van der Waals surface area contributed by atoms with Crippen LogP contribution in [-0.2, 0) is 9.78 Å². The fourth-order valence-electron chi connectivity index (χ4n) is 6.25. The summed E-state index contributed by atoms with van der Waals surface area (Å²) >= 11 is 0. The minimum absolute atomic E-state index is 0.0496. The van der Waals surface area contributed by atoms with Crippen molar-refractivity contribution in [3.05, 3.63) is 11.3 Å². The molecule has 5 heteroatoms. The lowest BCUT2D eigenvalue weighted by Crippen LogP contribution is -2.73. The molecule has 0 aromatic carbocycles. The van der Waals surface area contributed by atoms with Gasteiger partial charge in [0.15, 0.2) is 5.60 Å². The van der Waals surface area contributed by atoms with E-state index in [9.17, 15) is 15.3 Å². The SMILES string of the molecule is CC(C)C12CCC3(OO1)C(=C2O)[C@H](O)CC1(C)[C@H](O)CCCC31C. The first-order valence-corrected chi connectivity index (χ1v) is 9.32. The Kier molecular flexibility index (Phi) is 3.33. The molecule has 4 unspecified atom stereocenters. The monoisotopic (exact) mass is 338 g/mol. The van der Waals surface area contributed by atoms with Gasteiger partial charge in [-0.3, -0.25) is 0 Å². The molecule has 1 saturated heterocycles. The highest BCUT2D eigenvalue weighted by Gasteiger charge is 2.74. The van der Waals surface area contributed by atoms with Gasteiger partial charge in [0, 0.05) is 16.4 Å². The van der Waals surface area contributed by atoms with E-state index in [4.69, 9.17) is 9.78 Å². The fraction of sp³-hybridized carbons (Fsp3) is 0.895. The Balaban J connectivity index is 1.94. The van der Waals surface area contributed by atoms with Gasteiger partial charge in [0.1, 0.15) is 11.4 Å². The number of fused-ring (bicyclic) bond motifs is 3. The molecule has 6 atom stereocenters. The van der Waals surface area contributed by atoms with Gasteiger partial charge in [-0.25, -0.2) is 9.78 Å². The Morgan fingerprint density at radius 1 is 1.08 bits per heavy atom. The summed E-state index contributed by atoms with van der Waals surface area (Å²) in [6, 6.07) is 0. The average molecular weight is 338 g/mol. The third-order valence-corrected chi connectivity index (χ3v) is 8.20. The predicted molar refractivity (Wildman–Crippen MR) is 88.1 cm³/mol. The van der Waals surface area contributed by atoms with E-state index in [0.29, 0.717) is 24.8 Å². The molecule has 1 spiro atoms. The Morgan fingerprint density at radius 3 is 2.38 bits per heavy atom. The van der Waals surface area contributed by atoms with Crippen LogP contribution in [0.4, 0.5) is 0 Å². The lowest BCUT2D eigenvalue weighted by Gasteiger charge is -2.69. The molecule has 2 aliphatic heterocycles. The minimum atomic E-state index is -0.852. The molecule has 0 amide bonds. The van der Waals surface area contributed by atoms with Gasteiger partial charge in [-0.05, 0) is 38.0 Å². The molecule has 0 aromatic heterocycles. The smallest absolute Gasteiger partial charge is 0.162 e. The normalized spacial score (nSPS) is 54.0. The van der Waals surface area contributed by atoms with Gasteiger partial charge in [0.2, 0.25) is 0 Å². The summed E-state index contributed by atoms with van der Waals surface area (Å²) in [4.78, 5) is 11.9. The molecule has 0 radical (unpaired) electrons. The van der Waals surface area contributed by atoms with Crippen LogP contribution in [0.1, 0.15) is 66.2 Å². The van der Waals surface area contributed by atoms with Crippen molar-refractivity contribution < 1.29 is 25.1 Å². The zero-order chi connectivity index (χ0) is 17.5. The first kappa shape index (κ1) is 16.8. The second-order valence-corrected chi connectivity index (χ2v) is 9.18. The molecular formula is C19H30O5. The minimum Gasteiger partial charge on any atom is -0.509 e. The van der Waals surface area contributed by atoms with Crippen LogP contribution in [0.25, 0.3) is 0 Å². The molecule has 5 nitrogen and oxygen atoms in total. The zero-order valence-electron chi connectivity index (χ0n) is 15.1. The molecule has 136 valence electrons. The third kappa shape index (κ3) is 1.56. The summed E-state index contributed by atoms with van der Waals surface area (Å²) in [6.45, 7) is 8.21. The van der Waals surface area contributed by atoms with Gasteiger partial charge < -0.3 is 15.3 Å². The number of rotatable bonds is 1. The van der Waals surface area contributed by atoms with Crippen molar-refractivity contribution in [1.29, 1.82) is 0 Å². The Bertz CT molecular complexity index is 589. The van der Waals surface area contributed by atoms with Gasteiger partial charge in [-0.2, -0.15) is 0 Å². The molecule has 2 heterocycles. The first-order chi connectivity index (χ1) is 11.1. The lowest BCUT2D eigenvalue weighted by molar-refractivity contribution is -0.480. The van der Waals surface area contributed by atoms with Crippen molar-refractivity contribution in [2.45, 2.75) is 89.6 Å². The molecule has 0 aromatic rings. The maximum atomic E-state index is 11.1. The zero-order valence-corrected chi connectivity index (χ0v) is 15.1. The second-order valence-electron chi connectivity index (χ2n) is 9.18. The Morgan fingerprint density at radius 2 is 1.79 bits per heavy atom. The largest absolute Gasteiger partial charge is 0.509 e. The predicted octanol–water partition coefficient (Wildman–Crippen LogP) is 3.01. The van der Waals surface area contributed by atoms with Crippen LogP contribution in [0.5, 0.6) is 0 Å².